The second kappa shape index (κ2) is 5.14. The summed E-state index contributed by atoms with van der Waals surface area (Å²) < 4.78 is 0. The second-order valence-corrected chi connectivity index (χ2v) is 4.23. The minimum Gasteiger partial charge on any atom is -0.477 e. The third-order valence-electron chi connectivity index (χ3n) is 3.14. The number of pyridine rings is 1. The third-order valence-corrected chi connectivity index (χ3v) is 3.14. The Kier molecular flexibility index (Phi) is 3.58. The van der Waals surface area contributed by atoms with Gasteiger partial charge in [-0.05, 0) is 31.4 Å². The third kappa shape index (κ3) is 2.55. The Morgan fingerprint density at radius 3 is 2.88 bits per heavy atom. The summed E-state index contributed by atoms with van der Waals surface area (Å²) in [6.07, 6.45) is 4.76. The van der Waals surface area contributed by atoms with Crippen LogP contribution in [0.4, 0.5) is 5.69 Å². The highest BCUT2D eigenvalue weighted by atomic mass is 16.4. The first-order valence-corrected chi connectivity index (χ1v) is 5.79. The van der Waals surface area contributed by atoms with Gasteiger partial charge in [0.2, 0.25) is 0 Å². The lowest BCUT2D eigenvalue weighted by Gasteiger charge is -2.36. The number of carbonyl (C=O) groups is 1. The van der Waals surface area contributed by atoms with E-state index in [4.69, 9.17) is 5.11 Å². The Labute approximate surface area is 99.7 Å². The average Bonchev–Trinajstić information content (AvgIpc) is 2.39. The standard InChI is InChI=1S/C12H16N2O3/c15-8-10-3-1-2-6-14(10)9-4-5-11(12(16)17)13-7-9/h4-5,7,10,15H,1-3,6,8H2,(H,16,17). The molecule has 1 aromatic rings. The molecule has 0 aliphatic carbocycles. The van der Waals surface area contributed by atoms with Crippen molar-refractivity contribution in [3.63, 3.8) is 0 Å². The molecule has 1 aliphatic rings. The number of aromatic carboxylic acids is 1. The molecule has 0 radical (unpaired) electrons. The van der Waals surface area contributed by atoms with Gasteiger partial charge in [0.05, 0.1) is 24.5 Å². The SMILES string of the molecule is O=C(O)c1ccc(N2CCCCC2CO)cn1. The topological polar surface area (TPSA) is 73.7 Å². The number of anilines is 1. The molecule has 0 aromatic carbocycles. The van der Waals surface area contributed by atoms with Gasteiger partial charge in [-0.1, -0.05) is 0 Å². The fourth-order valence-electron chi connectivity index (χ4n) is 2.21. The predicted molar refractivity (Wildman–Crippen MR) is 63.3 cm³/mol. The van der Waals surface area contributed by atoms with Crippen LogP contribution in [-0.4, -0.2) is 40.4 Å². The number of aromatic nitrogens is 1. The van der Waals surface area contributed by atoms with Gasteiger partial charge in [-0.2, -0.15) is 0 Å². The van der Waals surface area contributed by atoms with Crippen LogP contribution >= 0.6 is 0 Å². The molecule has 2 N–H and O–H groups in total. The van der Waals surface area contributed by atoms with Crippen LogP contribution in [0.3, 0.4) is 0 Å². The number of rotatable bonds is 3. The van der Waals surface area contributed by atoms with Gasteiger partial charge in [-0.3, -0.25) is 0 Å². The Hall–Kier alpha value is -1.62. The van der Waals surface area contributed by atoms with E-state index < -0.39 is 5.97 Å². The van der Waals surface area contributed by atoms with Crippen molar-refractivity contribution in [2.45, 2.75) is 25.3 Å². The maximum atomic E-state index is 10.7. The van der Waals surface area contributed by atoms with E-state index in [1.807, 2.05) is 0 Å². The average molecular weight is 236 g/mol. The largest absolute Gasteiger partial charge is 0.477 e. The van der Waals surface area contributed by atoms with E-state index in [0.29, 0.717) is 0 Å². The van der Waals surface area contributed by atoms with Crippen molar-refractivity contribution in [2.75, 3.05) is 18.1 Å². The van der Waals surface area contributed by atoms with Crippen LogP contribution in [0.2, 0.25) is 0 Å². The van der Waals surface area contributed by atoms with Crippen LogP contribution in [0.25, 0.3) is 0 Å². The van der Waals surface area contributed by atoms with E-state index in [2.05, 4.69) is 9.88 Å². The van der Waals surface area contributed by atoms with Gasteiger partial charge in [0.1, 0.15) is 5.69 Å². The van der Waals surface area contributed by atoms with Crippen LogP contribution in [0.15, 0.2) is 18.3 Å². The number of nitrogens with zero attached hydrogens (tertiary/aromatic N) is 2. The highest BCUT2D eigenvalue weighted by molar-refractivity contribution is 5.85. The van der Waals surface area contributed by atoms with Crippen molar-refractivity contribution in [3.8, 4) is 0 Å². The molecule has 2 rings (SSSR count). The summed E-state index contributed by atoms with van der Waals surface area (Å²) >= 11 is 0. The summed E-state index contributed by atoms with van der Waals surface area (Å²) in [7, 11) is 0. The minimum atomic E-state index is -1.02. The fraction of sp³-hybridized carbons (Fsp3) is 0.500. The molecule has 2 heterocycles. The molecule has 5 nitrogen and oxygen atoms in total. The zero-order valence-corrected chi connectivity index (χ0v) is 9.54. The highest BCUT2D eigenvalue weighted by Gasteiger charge is 2.22. The first-order chi connectivity index (χ1) is 8.22. The molecule has 0 saturated carbocycles. The molecule has 1 atom stereocenters. The van der Waals surface area contributed by atoms with E-state index in [1.54, 1.807) is 12.3 Å². The summed E-state index contributed by atoms with van der Waals surface area (Å²) in [6, 6.07) is 3.38. The molecule has 0 spiro atoms. The van der Waals surface area contributed by atoms with Crippen molar-refractivity contribution >= 4 is 11.7 Å². The first-order valence-electron chi connectivity index (χ1n) is 5.79. The molecule has 1 aromatic heterocycles. The molecule has 0 bridgehead atoms. The summed E-state index contributed by atoms with van der Waals surface area (Å²) in [5.41, 5.74) is 0.931. The van der Waals surface area contributed by atoms with E-state index in [1.165, 1.54) is 6.07 Å². The molecule has 1 saturated heterocycles. The van der Waals surface area contributed by atoms with Crippen LogP contribution in [0.5, 0.6) is 0 Å². The quantitative estimate of drug-likeness (QED) is 0.823. The van der Waals surface area contributed by atoms with Gasteiger partial charge in [0.15, 0.2) is 0 Å². The lowest BCUT2D eigenvalue weighted by molar-refractivity contribution is 0.0690. The fourth-order valence-corrected chi connectivity index (χ4v) is 2.21. The minimum absolute atomic E-state index is 0.0475. The Morgan fingerprint density at radius 2 is 2.29 bits per heavy atom. The normalized spacial score (nSPS) is 20.3. The molecule has 0 amide bonds. The van der Waals surface area contributed by atoms with E-state index in [-0.39, 0.29) is 18.3 Å². The van der Waals surface area contributed by atoms with Gasteiger partial charge in [-0.15, -0.1) is 0 Å². The van der Waals surface area contributed by atoms with Crippen molar-refractivity contribution in [3.05, 3.63) is 24.0 Å². The van der Waals surface area contributed by atoms with Crippen molar-refractivity contribution in [1.29, 1.82) is 0 Å². The van der Waals surface area contributed by atoms with Crippen molar-refractivity contribution in [2.24, 2.45) is 0 Å². The molecule has 92 valence electrons. The lowest BCUT2D eigenvalue weighted by atomic mass is 10.0. The van der Waals surface area contributed by atoms with E-state index in [9.17, 15) is 9.90 Å². The maximum Gasteiger partial charge on any atom is 0.354 e. The van der Waals surface area contributed by atoms with E-state index >= 15 is 0 Å². The number of hydrogen-bond acceptors (Lipinski definition) is 4. The summed E-state index contributed by atoms with van der Waals surface area (Å²) in [6.45, 7) is 1.01. The van der Waals surface area contributed by atoms with Crippen LogP contribution in [0.1, 0.15) is 29.8 Å². The smallest absolute Gasteiger partial charge is 0.354 e. The lowest BCUT2D eigenvalue weighted by Crippen LogP contribution is -2.41. The Morgan fingerprint density at radius 1 is 1.47 bits per heavy atom. The Bertz CT molecular complexity index is 391. The monoisotopic (exact) mass is 236 g/mol. The predicted octanol–water partition coefficient (Wildman–Crippen LogP) is 1.13. The van der Waals surface area contributed by atoms with Gasteiger partial charge in [0.25, 0.3) is 0 Å². The zero-order valence-electron chi connectivity index (χ0n) is 9.54. The number of hydrogen-bond donors (Lipinski definition) is 2. The van der Waals surface area contributed by atoms with Crippen LogP contribution < -0.4 is 4.90 Å². The zero-order chi connectivity index (χ0) is 12.3. The number of carboxylic acids is 1. The molecule has 1 aliphatic heterocycles. The number of piperidine rings is 1. The highest BCUT2D eigenvalue weighted by Crippen LogP contribution is 2.23. The maximum absolute atomic E-state index is 10.7. The van der Waals surface area contributed by atoms with Crippen molar-refractivity contribution < 1.29 is 15.0 Å². The molecule has 1 unspecified atom stereocenters. The molecule has 5 heteroatoms. The van der Waals surface area contributed by atoms with E-state index in [0.717, 1.165) is 31.5 Å². The second-order valence-electron chi connectivity index (χ2n) is 4.23. The van der Waals surface area contributed by atoms with Crippen molar-refractivity contribution in [1.82, 2.24) is 4.98 Å². The van der Waals surface area contributed by atoms with Gasteiger partial charge in [-0.25, -0.2) is 9.78 Å². The molecular formula is C12H16N2O3. The molecule has 17 heavy (non-hydrogen) atoms. The van der Waals surface area contributed by atoms with Gasteiger partial charge in [0, 0.05) is 6.54 Å². The molecule has 1 fully saturated rings. The number of aliphatic hydroxyl groups is 1. The number of aliphatic hydroxyl groups excluding tert-OH is 1. The molecular weight excluding hydrogens is 220 g/mol. The Balaban J connectivity index is 2.17. The van der Waals surface area contributed by atoms with Crippen LogP contribution in [-0.2, 0) is 0 Å². The first kappa shape index (κ1) is 11.9. The number of carboxylic acid groups (broad SMARTS) is 1. The van der Waals surface area contributed by atoms with Crippen LogP contribution in [0, 0.1) is 0 Å². The summed E-state index contributed by atoms with van der Waals surface area (Å²) in [4.78, 5) is 16.7. The van der Waals surface area contributed by atoms with Gasteiger partial charge >= 0.3 is 5.97 Å². The van der Waals surface area contributed by atoms with Gasteiger partial charge < -0.3 is 15.1 Å². The summed E-state index contributed by atoms with van der Waals surface area (Å²) in [5.74, 6) is -1.02. The summed E-state index contributed by atoms with van der Waals surface area (Å²) in [5, 5.41) is 18.1.